The third-order valence-corrected chi connectivity index (χ3v) is 3.79. The van der Waals surface area contributed by atoms with Gasteiger partial charge in [-0.25, -0.2) is 5.84 Å². The molecular weight excluding hydrogens is 240 g/mol. The summed E-state index contributed by atoms with van der Waals surface area (Å²) in [6.07, 6.45) is 0.888. The van der Waals surface area contributed by atoms with E-state index < -0.39 is 10.8 Å². The first-order valence-electron chi connectivity index (χ1n) is 5.96. The van der Waals surface area contributed by atoms with Crippen molar-refractivity contribution >= 4 is 16.8 Å². The van der Waals surface area contributed by atoms with Gasteiger partial charge < -0.3 is 9.64 Å². The van der Waals surface area contributed by atoms with E-state index in [1.807, 2.05) is 11.8 Å². The summed E-state index contributed by atoms with van der Waals surface area (Å²) in [5.41, 5.74) is 2.61. The predicted octanol–water partition coefficient (Wildman–Crippen LogP) is -0.703. The number of aliphatic imine (C=N–C) groups is 1. The third kappa shape index (κ3) is 5.47. The van der Waals surface area contributed by atoms with Gasteiger partial charge in [-0.05, 0) is 13.3 Å². The molecule has 0 radical (unpaired) electrons. The first kappa shape index (κ1) is 14.4. The molecule has 0 aromatic heterocycles. The molecule has 1 rings (SSSR count). The third-order valence-electron chi connectivity index (χ3n) is 2.52. The van der Waals surface area contributed by atoms with Gasteiger partial charge in [-0.3, -0.25) is 14.6 Å². The van der Waals surface area contributed by atoms with Gasteiger partial charge in [-0.15, -0.1) is 0 Å². The SMILES string of the molecule is CCOCCCN=C(NN)N1CCS(=O)CC1. The van der Waals surface area contributed by atoms with E-state index >= 15 is 0 Å². The Morgan fingerprint density at radius 3 is 2.82 bits per heavy atom. The van der Waals surface area contributed by atoms with Crippen molar-refractivity contribution in [2.45, 2.75) is 13.3 Å². The fourth-order valence-electron chi connectivity index (χ4n) is 1.58. The van der Waals surface area contributed by atoms with E-state index in [9.17, 15) is 4.21 Å². The van der Waals surface area contributed by atoms with Crippen molar-refractivity contribution in [3.63, 3.8) is 0 Å². The Kier molecular flexibility index (Phi) is 7.14. The Bertz CT molecular complexity index is 263. The van der Waals surface area contributed by atoms with E-state index in [1.165, 1.54) is 0 Å². The fraction of sp³-hybridized carbons (Fsp3) is 0.900. The molecule has 0 spiro atoms. The number of hydrogen-bond donors (Lipinski definition) is 2. The van der Waals surface area contributed by atoms with Crippen LogP contribution in [0.4, 0.5) is 0 Å². The molecule has 3 N–H and O–H groups in total. The second-order valence-electron chi connectivity index (χ2n) is 3.74. The highest BCUT2D eigenvalue weighted by Crippen LogP contribution is 2.00. The Labute approximate surface area is 105 Å². The van der Waals surface area contributed by atoms with Crippen LogP contribution in [0.1, 0.15) is 13.3 Å². The summed E-state index contributed by atoms with van der Waals surface area (Å²) in [5, 5.41) is 0. The maximum Gasteiger partial charge on any atom is 0.208 e. The van der Waals surface area contributed by atoms with Crippen LogP contribution in [0.15, 0.2) is 4.99 Å². The second-order valence-corrected chi connectivity index (χ2v) is 5.43. The van der Waals surface area contributed by atoms with Gasteiger partial charge in [-0.2, -0.15) is 0 Å². The van der Waals surface area contributed by atoms with Crippen molar-refractivity contribution in [2.75, 3.05) is 44.4 Å². The topological polar surface area (TPSA) is 80.0 Å². The van der Waals surface area contributed by atoms with Gasteiger partial charge in [0.2, 0.25) is 5.96 Å². The molecule has 1 aliphatic rings. The zero-order chi connectivity index (χ0) is 12.5. The Hall–Kier alpha value is -0.660. The van der Waals surface area contributed by atoms with E-state index in [4.69, 9.17) is 10.6 Å². The van der Waals surface area contributed by atoms with Gasteiger partial charge in [0.05, 0.1) is 0 Å². The lowest BCUT2D eigenvalue weighted by Gasteiger charge is -2.28. The van der Waals surface area contributed by atoms with Crippen molar-refractivity contribution in [1.29, 1.82) is 0 Å². The molecule has 1 aliphatic heterocycles. The van der Waals surface area contributed by atoms with Crippen LogP contribution in [0.2, 0.25) is 0 Å². The van der Waals surface area contributed by atoms with Crippen LogP contribution in [0.5, 0.6) is 0 Å². The Morgan fingerprint density at radius 2 is 2.24 bits per heavy atom. The molecule has 0 unspecified atom stereocenters. The maximum atomic E-state index is 11.2. The fourth-order valence-corrected chi connectivity index (χ4v) is 2.63. The van der Waals surface area contributed by atoms with Crippen LogP contribution in [-0.2, 0) is 15.5 Å². The molecule has 0 bridgehead atoms. The summed E-state index contributed by atoms with van der Waals surface area (Å²) in [7, 11) is -0.675. The molecule has 7 heteroatoms. The van der Waals surface area contributed by atoms with Gasteiger partial charge in [0, 0.05) is 55.2 Å². The number of rotatable bonds is 5. The van der Waals surface area contributed by atoms with Crippen molar-refractivity contribution in [1.82, 2.24) is 10.3 Å². The van der Waals surface area contributed by atoms with Crippen LogP contribution in [0.3, 0.4) is 0 Å². The molecule has 1 fully saturated rings. The molecule has 0 saturated carbocycles. The van der Waals surface area contributed by atoms with Crippen LogP contribution in [0, 0.1) is 0 Å². The molecular formula is C10H22N4O2S. The van der Waals surface area contributed by atoms with Crippen molar-refractivity contribution in [2.24, 2.45) is 10.8 Å². The molecule has 0 amide bonds. The van der Waals surface area contributed by atoms with Crippen molar-refractivity contribution < 1.29 is 8.95 Å². The minimum absolute atomic E-state index is 0.675. The number of ether oxygens (including phenoxy) is 1. The lowest BCUT2D eigenvalue weighted by atomic mass is 10.4. The molecule has 0 aliphatic carbocycles. The van der Waals surface area contributed by atoms with Crippen LogP contribution in [-0.4, -0.2) is 59.4 Å². The Balaban J connectivity index is 2.31. The quantitative estimate of drug-likeness (QED) is 0.225. The summed E-state index contributed by atoms with van der Waals surface area (Å²) in [6, 6.07) is 0. The normalized spacial score (nSPS) is 18.5. The minimum atomic E-state index is -0.675. The molecule has 0 aromatic rings. The summed E-state index contributed by atoms with van der Waals surface area (Å²) in [5.74, 6) is 7.53. The van der Waals surface area contributed by atoms with Gasteiger partial charge in [0.15, 0.2) is 0 Å². The number of guanidine groups is 1. The standard InChI is InChI=1S/C10H22N4O2S/c1-2-16-7-3-4-12-10(13-11)14-5-8-17(15)9-6-14/h2-9,11H2,1H3,(H,12,13). The summed E-state index contributed by atoms with van der Waals surface area (Å²) >= 11 is 0. The van der Waals surface area contributed by atoms with Crippen molar-refractivity contribution in [3.05, 3.63) is 0 Å². The summed E-state index contributed by atoms with van der Waals surface area (Å²) < 4.78 is 16.5. The number of hydrogen-bond acceptors (Lipinski definition) is 4. The van der Waals surface area contributed by atoms with E-state index in [0.29, 0.717) is 24.0 Å². The average molecular weight is 262 g/mol. The van der Waals surface area contributed by atoms with Gasteiger partial charge in [0.1, 0.15) is 0 Å². The zero-order valence-electron chi connectivity index (χ0n) is 10.4. The molecule has 6 nitrogen and oxygen atoms in total. The highest BCUT2D eigenvalue weighted by molar-refractivity contribution is 7.85. The number of nitrogens with zero attached hydrogens (tertiary/aromatic N) is 2. The van der Waals surface area contributed by atoms with Crippen LogP contribution >= 0.6 is 0 Å². The van der Waals surface area contributed by atoms with E-state index in [-0.39, 0.29) is 0 Å². The maximum absolute atomic E-state index is 11.2. The molecule has 17 heavy (non-hydrogen) atoms. The lowest BCUT2D eigenvalue weighted by Crippen LogP contribution is -2.50. The number of nitrogens with two attached hydrogens (primary N) is 1. The number of hydrazine groups is 1. The Morgan fingerprint density at radius 1 is 1.53 bits per heavy atom. The monoisotopic (exact) mass is 262 g/mol. The molecule has 1 saturated heterocycles. The molecule has 0 aromatic carbocycles. The predicted molar refractivity (Wildman–Crippen MR) is 70.2 cm³/mol. The largest absolute Gasteiger partial charge is 0.382 e. The van der Waals surface area contributed by atoms with Gasteiger partial charge in [-0.1, -0.05) is 0 Å². The number of nitrogens with one attached hydrogen (secondary N) is 1. The lowest BCUT2D eigenvalue weighted by molar-refractivity contribution is 0.146. The minimum Gasteiger partial charge on any atom is -0.382 e. The zero-order valence-corrected chi connectivity index (χ0v) is 11.2. The highest BCUT2D eigenvalue weighted by atomic mass is 32.2. The van der Waals surface area contributed by atoms with Crippen molar-refractivity contribution in [3.8, 4) is 0 Å². The summed E-state index contributed by atoms with van der Waals surface area (Å²) in [6.45, 7) is 5.64. The molecule has 0 atom stereocenters. The highest BCUT2D eigenvalue weighted by Gasteiger charge is 2.17. The smallest absolute Gasteiger partial charge is 0.208 e. The van der Waals surface area contributed by atoms with Gasteiger partial charge in [0.25, 0.3) is 0 Å². The van der Waals surface area contributed by atoms with Gasteiger partial charge >= 0.3 is 0 Å². The van der Waals surface area contributed by atoms with E-state index in [0.717, 1.165) is 32.7 Å². The van der Waals surface area contributed by atoms with E-state index in [2.05, 4.69) is 10.4 Å². The molecule has 1 heterocycles. The van der Waals surface area contributed by atoms with E-state index in [1.54, 1.807) is 0 Å². The second kappa shape index (κ2) is 8.43. The summed E-state index contributed by atoms with van der Waals surface area (Å²) in [4.78, 5) is 6.43. The first-order valence-corrected chi connectivity index (χ1v) is 7.45. The van der Waals surface area contributed by atoms with Crippen LogP contribution in [0.25, 0.3) is 0 Å². The first-order chi connectivity index (χ1) is 8.27. The molecule has 100 valence electrons. The average Bonchev–Trinajstić information content (AvgIpc) is 2.35. The van der Waals surface area contributed by atoms with Crippen LogP contribution < -0.4 is 11.3 Å².